The zero-order chi connectivity index (χ0) is 7.84. The number of hydrogen-bond acceptors (Lipinski definition) is 2. The van der Waals surface area contributed by atoms with Crippen LogP contribution in [-0.2, 0) is 4.79 Å². The Hall–Kier alpha value is -1.10. The molecule has 1 atom stereocenters. The van der Waals surface area contributed by atoms with E-state index in [0.717, 1.165) is 18.4 Å². The number of Topliss-reactive ketones (excluding diaryl/α,β-unsaturated/α-hetero) is 1. The first-order chi connectivity index (χ1) is 5.33. The molecule has 0 spiro atoms. The highest BCUT2D eigenvalue weighted by molar-refractivity contribution is 6.02. The summed E-state index contributed by atoms with van der Waals surface area (Å²) in [4.78, 5) is 11.1. The topological polar surface area (TPSA) is 40.9 Å². The van der Waals surface area contributed by atoms with Crippen molar-refractivity contribution >= 4 is 5.78 Å². The van der Waals surface area contributed by atoms with Crippen LogP contribution in [0.15, 0.2) is 11.1 Å². The Kier molecular flexibility index (Phi) is 1.32. The van der Waals surface area contributed by atoms with Crippen LogP contribution in [0.2, 0.25) is 0 Å². The summed E-state index contributed by atoms with van der Waals surface area (Å²) in [6.45, 7) is 0. The van der Waals surface area contributed by atoms with Crippen molar-refractivity contribution in [3.8, 4) is 6.07 Å². The van der Waals surface area contributed by atoms with E-state index in [-0.39, 0.29) is 5.78 Å². The van der Waals surface area contributed by atoms with Crippen LogP contribution in [0.1, 0.15) is 25.7 Å². The lowest BCUT2D eigenvalue weighted by molar-refractivity contribution is -0.115. The number of carbonyl (C=O) groups is 1. The maximum absolute atomic E-state index is 11.1. The van der Waals surface area contributed by atoms with Crippen molar-refractivity contribution in [3.05, 3.63) is 11.1 Å². The Morgan fingerprint density at radius 2 is 2.36 bits per heavy atom. The highest BCUT2D eigenvalue weighted by atomic mass is 16.1. The smallest absolute Gasteiger partial charge is 0.173 e. The van der Waals surface area contributed by atoms with E-state index in [1.165, 1.54) is 6.42 Å². The first kappa shape index (κ1) is 6.60. The molecule has 11 heavy (non-hydrogen) atoms. The first-order valence-electron chi connectivity index (χ1n) is 3.99. The Balaban J connectivity index is 2.43. The van der Waals surface area contributed by atoms with Gasteiger partial charge in [0.15, 0.2) is 5.78 Å². The van der Waals surface area contributed by atoms with Crippen LogP contribution in [-0.4, -0.2) is 5.78 Å². The monoisotopic (exact) mass is 147 g/mol. The van der Waals surface area contributed by atoms with Gasteiger partial charge in [-0.05, 0) is 30.8 Å². The number of ketones is 1. The average Bonchev–Trinajstić information content (AvgIpc) is 2.46. The summed E-state index contributed by atoms with van der Waals surface area (Å²) in [5.41, 5.74) is 1.63. The summed E-state index contributed by atoms with van der Waals surface area (Å²) in [5, 5.41) is 8.65. The fraction of sp³-hybridized carbons (Fsp3) is 0.556. The van der Waals surface area contributed by atoms with Crippen LogP contribution in [0, 0.1) is 17.2 Å². The molecule has 0 radical (unpaired) electrons. The quantitative estimate of drug-likeness (QED) is 0.522. The molecule has 2 rings (SSSR count). The van der Waals surface area contributed by atoms with Gasteiger partial charge in [-0.15, -0.1) is 0 Å². The number of fused-ring (bicyclic) bond motifs is 1. The van der Waals surface area contributed by atoms with E-state index in [1.54, 1.807) is 0 Å². The van der Waals surface area contributed by atoms with Gasteiger partial charge in [0.25, 0.3) is 0 Å². The van der Waals surface area contributed by atoms with Gasteiger partial charge in [-0.25, -0.2) is 0 Å². The number of nitriles is 1. The van der Waals surface area contributed by atoms with Gasteiger partial charge in [-0.1, -0.05) is 0 Å². The molecular formula is C9H9NO. The predicted octanol–water partition coefficient (Wildman–Crippen LogP) is 1.58. The Labute approximate surface area is 65.5 Å². The van der Waals surface area contributed by atoms with Gasteiger partial charge in [0.2, 0.25) is 0 Å². The highest BCUT2D eigenvalue weighted by Crippen LogP contribution is 2.41. The molecule has 2 heteroatoms. The van der Waals surface area contributed by atoms with Crippen LogP contribution in [0.25, 0.3) is 0 Å². The van der Waals surface area contributed by atoms with Gasteiger partial charge in [-0.2, -0.15) is 5.26 Å². The van der Waals surface area contributed by atoms with Crippen molar-refractivity contribution in [2.75, 3.05) is 0 Å². The molecule has 0 aromatic carbocycles. The summed E-state index contributed by atoms with van der Waals surface area (Å²) < 4.78 is 0. The molecule has 1 fully saturated rings. The van der Waals surface area contributed by atoms with Gasteiger partial charge < -0.3 is 0 Å². The minimum Gasteiger partial charge on any atom is -0.293 e. The molecule has 56 valence electrons. The molecule has 0 saturated heterocycles. The summed E-state index contributed by atoms with van der Waals surface area (Å²) >= 11 is 0. The molecule has 0 heterocycles. The van der Waals surface area contributed by atoms with Crippen molar-refractivity contribution in [1.82, 2.24) is 0 Å². The Morgan fingerprint density at radius 3 is 3.09 bits per heavy atom. The Bertz CT molecular complexity index is 282. The molecular weight excluding hydrogens is 138 g/mol. The molecule has 0 aliphatic heterocycles. The first-order valence-corrected chi connectivity index (χ1v) is 3.99. The lowest BCUT2D eigenvalue weighted by Gasteiger charge is -1.97. The molecule has 1 saturated carbocycles. The van der Waals surface area contributed by atoms with Crippen molar-refractivity contribution in [2.24, 2.45) is 5.92 Å². The van der Waals surface area contributed by atoms with E-state index < -0.39 is 0 Å². The summed E-state index contributed by atoms with van der Waals surface area (Å²) in [6.07, 6.45) is 3.88. The largest absolute Gasteiger partial charge is 0.293 e. The van der Waals surface area contributed by atoms with Crippen molar-refractivity contribution in [3.63, 3.8) is 0 Å². The number of carbonyl (C=O) groups excluding carboxylic acids is 1. The lowest BCUT2D eigenvalue weighted by atomic mass is 10.1. The second-order valence-corrected chi connectivity index (χ2v) is 3.23. The highest BCUT2D eigenvalue weighted by Gasteiger charge is 2.34. The van der Waals surface area contributed by atoms with E-state index in [2.05, 4.69) is 0 Å². The molecule has 2 nitrogen and oxygen atoms in total. The number of hydrogen-bond donors (Lipinski definition) is 0. The van der Waals surface area contributed by atoms with Crippen molar-refractivity contribution in [2.45, 2.75) is 25.7 Å². The van der Waals surface area contributed by atoms with Crippen LogP contribution in [0.5, 0.6) is 0 Å². The SMILES string of the molecule is N#CC1=C2CCC[C@@H]2CC1=O. The van der Waals surface area contributed by atoms with Gasteiger partial charge >= 0.3 is 0 Å². The fourth-order valence-corrected chi connectivity index (χ4v) is 2.11. The summed E-state index contributed by atoms with van der Waals surface area (Å²) in [7, 11) is 0. The maximum atomic E-state index is 11.1. The molecule has 0 N–H and O–H groups in total. The second kappa shape index (κ2) is 2.20. The zero-order valence-electron chi connectivity index (χ0n) is 6.26. The Morgan fingerprint density at radius 1 is 1.55 bits per heavy atom. The minimum atomic E-state index is 0.0761. The molecule has 0 aromatic heterocycles. The zero-order valence-corrected chi connectivity index (χ0v) is 6.26. The van der Waals surface area contributed by atoms with Crippen LogP contribution < -0.4 is 0 Å². The summed E-state index contributed by atoms with van der Waals surface area (Å²) in [5.74, 6) is 0.518. The van der Waals surface area contributed by atoms with Gasteiger partial charge in [0, 0.05) is 6.42 Å². The van der Waals surface area contributed by atoms with E-state index in [9.17, 15) is 4.79 Å². The van der Waals surface area contributed by atoms with Crippen LogP contribution in [0.4, 0.5) is 0 Å². The molecule has 0 amide bonds. The van der Waals surface area contributed by atoms with E-state index in [4.69, 9.17) is 5.26 Å². The molecule has 2 aliphatic rings. The normalized spacial score (nSPS) is 29.0. The third-order valence-electron chi connectivity index (χ3n) is 2.64. The van der Waals surface area contributed by atoms with Gasteiger partial charge in [-0.3, -0.25) is 4.79 Å². The van der Waals surface area contributed by atoms with Crippen molar-refractivity contribution in [1.29, 1.82) is 5.26 Å². The van der Waals surface area contributed by atoms with Crippen LogP contribution in [0.3, 0.4) is 0 Å². The fourth-order valence-electron chi connectivity index (χ4n) is 2.11. The van der Waals surface area contributed by atoms with E-state index >= 15 is 0 Å². The van der Waals surface area contributed by atoms with Crippen LogP contribution >= 0.6 is 0 Å². The number of allylic oxidation sites excluding steroid dienone is 2. The van der Waals surface area contributed by atoms with E-state index in [1.807, 2.05) is 6.07 Å². The number of rotatable bonds is 0. The second-order valence-electron chi connectivity index (χ2n) is 3.23. The molecule has 2 aliphatic carbocycles. The van der Waals surface area contributed by atoms with Crippen molar-refractivity contribution < 1.29 is 4.79 Å². The standard InChI is InChI=1S/C9H9NO/c10-5-8-7-3-1-2-6(7)4-9(8)11/h6H,1-4H2/t6-/m1/s1. The third-order valence-corrected chi connectivity index (χ3v) is 2.64. The van der Waals surface area contributed by atoms with Gasteiger partial charge in [0.05, 0.1) is 5.57 Å². The molecule has 0 aromatic rings. The number of nitrogens with zero attached hydrogens (tertiary/aromatic N) is 1. The maximum Gasteiger partial charge on any atom is 0.173 e. The molecule has 0 unspecified atom stereocenters. The van der Waals surface area contributed by atoms with Gasteiger partial charge in [0.1, 0.15) is 6.07 Å². The summed E-state index contributed by atoms with van der Waals surface area (Å²) in [6, 6.07) is 2.02. The average molecular weight is 147 g/mol. The minimum absolute atomic E-state index is 0.0761. The molecule has 0 bridgehead atoms. The lowest BCUT2D eigenvalue weighted by Crippen LogP contribution is -1.96. The van der Waals surface area contributed by atoms with E-state index in [0.29, 0.717) is 17.9 Å². The third kappa shape index (κ3) is 0.808. The predicted molar refractivity (Wildman–Crippen MR) is 39.6 cm³/mol.